The van der Waals surface area contributed by atoms with Crippen LogP contribution in [0.25, 0.3) is 0 Å². The summed E-state index contributed by atoms with van der Waals surface area (Å²) in [6.45, 7) is 8.64. The van der Waals surface area contributed by atoms with Crippen molar-refractivity contribution in [3.05, 3.63) is 0 Å². The molecule has 0 aromatic carbocycles. The normalized spacial score (nSPS) is 11.3. The van der Waals surface area contributed by atoms with Crippen LogP contribution in [0.5, 0.6) is 0 Å². The maximum atomic E-state index is 9.70. The minimum atomic E-state index is -4.17. The van der Waals surface area contributed by atoms with Crippen LogP contribution in [0, 0.1) is 0 Å². The minimum Gasteiger partial charge on any atom is -0.309 e. The van der Waals surface area contributed by atoms with Gasteiger partial charge in [0.25, 0.3) is 0 Å². The van der Waals surface area contributed by atoms with Gasteiger partial charge in [-0.15, -0.1) is 0 Å². The molecule has 0 saturated carbocycles. The Balaban J connectivity index is -0.000000501. The quantitative estimate of drug-likeness (QED) is 0.0919. The largest absolute Gasteiger partial charge is 0.469 e. The lowest BCUT2D eigenvalue weighted by molar-refractivity contribution is 0.206. The van der Waals surface area contributed by atoms with Gasteiger partial charge in [0, 0.05) is 0 Å². The molecule has 0 radical (unpaired) electrons. The van der Waals surface area contributed by atoms with E-state index in [4.69, 9.17) is 9.79 Å². The van der Waals surface area contributed by atoms with Crippen molar-refractivity contribution in [2.75, 3.05) is 47.9 Å². The van der Waals surface area contributed by atoms with Gasteiger partial charge in [-0.1, -0.05) is 129 Å². The van der Waals surface area contributed by atoms with Crippen LogP contribution >= 0.6 is 7.82 Å². The monoisotopic (exact) mass is 552 g/mol. The predicted molar refractivity (Wildman–Crippen MR) is 164 cm³/mol. The van der Waals surface area contributed by atoms with Gasteiger partial charge < -0.3 is 19.6 Å². The topological polar surface area (TPSA) is 73.2 Å². The first-order chi connectivity index (χ1) is 17.6. The van der Waals surface area contributed by atoms with E-state index >= 15 is 0 Å². The molecule has 0 aromatic rings. The first-order valence-electron chi connectivity index (χ1n) is 15.6. The van der Waals surface area contributed by atoms with Crippen LogP contribution < -0.4 is 0 Å². The van der Waals surface area contributed by atoms with Gasteiger partial charge in [0.15, 0.2) is 0 Å². The van der Waals surface area contributed by atoms with Crippen molar-refractivity contribution in [3.8, 4) is 0 Å². The molecule has 0 fully saturated rings. The van der Waals surface area contributed by atoms with Crippen molar-refractivity contribution < 1.29 is 18.9 Å². The highest BCUT2D eigenvalue weighted by atomic mass is 31.2. The molecule has 0 saturated heterocycles. The lowest BCUT2D eigenvalue weighted by atomic mass is 10.1. The smallest absolute Gasteiger partial charge is 0.309 e. The van der Waals surface area contributed by atoms with Crippen molar-refractivity contribution in [2.24, 2.45) is 0 Å². The Morgan fingerprint density at radius 1 is 0.486 bits per heavy atom. The molecule has 0 aliphatic carbocycles. The number of phosphoric ester groups is 1. The third-order valence-corrected chi connectivity index (χ3v) is 6.81. The predicted octanol–water partition coefficient (Wildman–Crippen LogP) is 9.05. The molecule has 0 aliphatic rings. The van der Waals surface area contributed by atoms with Gasteiger partial charge in [0.2, 0.25) is 0 Å². The fourth-order valence-electron chi connectivity index (χ4n) is 4.00. The van der Waals surface area contributed by atoms with Crippen molar-refractivity contribution >= 4 is 7.82 Å². The van der Waals surface area contributed by atoms with E-state index in [-0.39, 0.29) is 6.61 Å². The lowest BCUT2D eigenvalue weighted by Crippen LogP contribution is -2.12. The van der Waals surface area contributed by atoms with Crippen LogP contribution in [-0.2, 0) is 9.09 Å². The molecular formula is C30H69N2O4P. The third-order valence-electron chi connectivity index (χ3n) is 6.22. The average molecular weight is 553 g/mol. The fraction of sp³-hybridized carbons (Fsp3) is 1.00. The summed E-state index contributed by atoms with van der Waals surface area (Å²) < 4.78 is 13.6. The highest BCUT2D eigenvalue weighted by molar-refractivity contribution is 7.46. The van der Waals surface area contributed by atoms with Crippen molar-refractivity contribution in [2.45, 2.75) is 149 Å². The molecule has 0 rings (SSSR count). The summed E-state index contributed by atoms with van der Waals surface area (Å²) in [5, 5.41) is 0. The Bertz CT molecular complexity index is 417. The molecule has 7 heteroatoms. The molecule has 2 N–H and O–H groups in total. The minimum absolute atomic E-state index is 0.0459. The number of rotatable bonds is 24. The number of unbranched alkanes of at least 4 members (excludes halogenated alkanes) is 18. The second-order valence-corrected chi connectivity index (χ2v) is 12.1. The van der Waals surface area contributed by atoms with E-state index < -0.39 is 7.82 Å². The summed E-state index contributed by atoms with van der Waals surface area (Å²) in [6, 6.07) is 0. The first-order valence-corrected chi connectivity index (χ1v) is 17.1. The lowest BCUT2D eigenvalue weighted by Gasteiger charge is -2.08. The summed E-state index contributed by atoms with van der Waals surface area (Å²) >= 11 is 0. The Labute approximate surface area is 233 Å². The Morgan fingerprint density at radius 3 is 0.892 bits per heavy atom. The maximum absolute atomic E-state index is 9.70. The first kappa shape index (κ1) is 41.5. The Kier molecular flexibility index (Phi) is 38.2. The molecule has 37 heavy (non-hydrogen) atoms. The van der Waals surface area contributed by atoms with Gasteiger partial charge in [-0.2, -0.15) is 0 Å². The van der Waals surface area contributed by atoms with Crippen LogP contribution in [0.15, 0.2) is 0 Å². The molecule has 0 spiro atoms. The van der Waals surface area contributed by atoms with E-state index in [0.717, 1.165) is 0 Å². The van der Waals surface area contributed by atoms with Crippen LogP contribution in [0.4, 0.5) is 0 Å². The standard InChI is InChI=1S/2C14H31N.C2H7O4P/c2*1-4-5-6-7-8-9-10-11-12-13-14-15(2)3;1-2-6-7(3,4)5/h2*4-14H2,1-3H3;2H2,1H3,(H2,3,4,5). The molecule has 0 aliphatic heterocycles. The maximum Gasteiger partial charge on any atom is 0.469 e. The van der Waals surface area contributed by atoms with E-state index in [1.165, 1.54) is 148 Å². The molecule has 0 heterocycles. The van der Waals surface area contributed by atoms with Crippen LogP contribution in [0.1, 0.15) is 149 Å². The van der Waals surface area contributed by atoms with Crippen LogP contribution in [0.3, 0.4) is 0 Å². The molecule has 0 unspecified atom stereocenters. The van der Waals surface area contributed by atoms with Gasteiger partial charge in [-0.3, -0.25) is 4.52 Å². The number of hydrogen-bond acceptors (Lipinski definition) is 4. The van der Waals surface area contributed by atoms with E-state index in [2.05, 4.69) is 56.4 Å². The molecule has 0 atom stereocenters. The third kappa shape index (κ3) is 53.1. The fourth-order valence-corrected chi connectivity index (χ4v) is 4.34. The van der Waals surface area contributed by atoms with Crippen molar-refractivity contribution in [1.29, 1.82) is 0 Å². The van der Waals surface area contributed by atoms with Gasteiger partial charge in [0.05, 0.1) is 6.61 Å². The van der Waals surface area contributed by atoms with Crippen LogP contribution in [0.2, 0.25) is 0 Å². The molecule has 0 aromatic heterocycles. The van der Waals surface area contributed by atoms with Gasteiger partial charge in [-0.25, -0.2) is 4.57 Å². The SMILES string of the molecule is CCCCCCCCCCCCN(C)C.CCCCCCCCCCCCN(C)C.CCOP(=O)(O)O. The number of hydrogen-bond donors (Lipinski definition) is 2. The second-order valence-electron chi connectivity index (χ2n) is 10.9. The molecule has 6 nitrogen and oxygen atoms in total. The van der Waals surface area contributed by atoms with E-state index in [1.807, 2.05) is 0 Å². The molecular weight excluding hydrogens is 483 g/mol. The summed E-state index contributed by atoms with van der Waals surface area (Å²) in [6.07, 6.45) is 28.7. The summed E-state index contributed by atoms with van der Waals surface area (Å²) in [7, 11) is 4.48. The molecule has 0 amide bonds. The summed E-state index contributed by atoms with van der Waals surface area (Å²) in [4.78, 5) is 20.4. The number of phosphoric acid groups is 1. The van der Waals surface area contributed by atoms with E-state index in [0.29, 0.717) is 0 Å². The summed E-state index contributed by atoms with van der Waals surface area (Å²) in [5.74, 6) is 0. The molecule has 228 valence electrons. The van der Waals surface area contributed by atoms with E-state index in [9.17, 15) is 4.57 Å². The van der Waals surface area contributed by atoms with E-state index in [1.54, 1.807) is 0 Å². The van der Waals surface area contributed by atoms with Crippen molar-refractivity contribution in [3.63, 3.8) is 0 Å². The zero-order valence-electron chi connectivity index (χ0n) is 26.3. The van der Waals surface area contributed by atoms with Gasteiger partial charge >= 0.3 is 7.82 Å². The average Bonchev–Trinajstić information content (AvgIpc) is 2.81. The van der Waals surface area contributed by atoms with Crippen LogP contribution in [-0.4, -0.2) is 67.5 Å². The Morgan fingerprint density at radius 2 is 0.730 bits per heavy atom. The van der Waals surface area contributed by atoms with Gasteiger partial charge in [-0.05, 0) is 61.0 Å². The van der Waals surface area contributed by atoms with Crippen molar-refractivity contribution in [1.82, 2.24) is 9.80 Å². The highest BCUT2D eigenvalue weighted by Gasteiger charge is 2.10. The zero-order chi connectivity index (χ0) is 28.6. The Hall–Kier alpha value is 0.0300. The van der Waals surface area contributed by atoms with Gasteiger partial charge in [0.1, 0.15) is 0 Å². The number of nitrogens with zero attached hydrogens (tertiary/aromatic N) is 2. The second kappa shape index (κ2) is 34.1. The zero-order valence-corrected chi connectivity index (χ0v) is 27.2. The summed E-state index contributed by atoms with van der Waals surface area (Å²) in [5.41, 5.74) is 0. The highest BCUT2D eigenvalue weighted by Crippen LogP contribution is 2.34. The molecule has 0 bridgehead atoms.